The standard InChI is InChI=1S/C18H33N3O3S.ClH/c1-25(23,24)20-9-8-16-7-2-3-10-21(16)18(22)15-11-13-5-4-6-14(12-15)17(13)19;/h13-17,20H,2-12,19H2,1H3;1H. The summed E-state index contributed by atoms with van der Waals surface area (Å²) in [4.78, 5) is 15.3. The Balaban J connectivity index is 0.00000243. The number of carbonyl (C=O) groups excluding carboxylic acids is 1. The van der Waals surface area contributed by atoms with Gasteiger partial charge in [0.1, 0.15) is 0 Å². The number of carbonyl (C=O) groups is 1. The van der Waals surface area contributed by atoms with Gasteiger partial charge in [0, 0.05) is 31.1 Å². The van der Waals surface area contributed by atoms with E-state index in [1.165, 1.54) is 25.5 Å². The van der Waals surface area contributed by atoms with Gasteiger partial charge in [-0.3, -0.25) is 4.79 Å². The minimum atomic E-state index is -3.17. The Hall–Kier alpha value is -0.370. The van der Waals surface area contributed by atoms with Crippen molar-refractivity contribution in [2.45, 2.75) is 69.9 Å². The first kappa shape index (κ1) is 21.9. The molecule has 26 heavy (non-hydrogen) atoms. The van der Waals surface area contributed by atoms with E-state index in [0.717, 1.165) is 38.6 Å². The number of nitrogens with two attached hydrogens (primary N) is 1. The van der Waals surface area contributed by atoms with Crippen molar-refractivity contribution in [1.82, 2.24) is 9.62 Å². The van der Waals surface area contributed by atoms with E-state index in [1.54, 1.807) is 0 Å². The second-order valence-electron chi connectivity index (χ2n) is 8.33. The molecule has 3 fully saturated rings. The molecule has 2 aliphatic carbocycles. The average Bonchev–Trinajstić information content (AvgIpc) is 2.53. The second-order valence-corrected chi connectivity index (χ2v) is 10.2. The van der Waals surface area contributed by atoms with Crippen LogP contribution in [0.1, 0.15) is 57.8 Å². The van der Waals surface area contributed by atoms with Gasteiger partial charge in [0.25, 0.3) is 0 Å². The monoisotopic (exact) mass is 407 g/mol. The summed E-state index contributed by atoms with van der Waals surface area (Å²) < 4.78 is 25.1. The Labute approximate surface area is 164 Å². The lowest BCUT2D eigenvalue weighted by atomic mass is 9.64. The number of piperidine rings is 1. The van der Waals surface area contributed by atoms with Crippen LogP contribution in [0.4, 0.5) is 0 Å². The average molecular weight is 408 g/mol. The van der Waals surface area contributed by atoms with E-state index in [2.05, 4.69) is 9.62 Å². The first-order valence-electron chi connectivity index (χ1n) is 9.86. The lowest BCUT2D eigenvalue weighted by Crippen LogP contribution is -2.52. The summed E-state index contributed by atoms with van der Waals surface area (Å²) in [7, 11) is -3.17. The topological polar surface area (TPSA) is 92.5 Å². The van der Waals surface area contributed by atoms with Crippen molar-refractivity contribution in [2.75, 3.05) is 19.3 Å². The molecule has 1 saturated heterocycles. The zero-order chi connectivity index (χ0) is 18.0. The van der Waals surface area contributed by atoms with Crippen LogP contribution in [0.3, 0.4) is 0 Å². The predicted molar refractivity (Wildman–Crippen MR) is 106 cm³/mol. The van der Waals surface area contributed by atoms with Crippen LogP contribution in [0.15, 0.2) is 0 Å². The van der Waals surface area contributed by atoms with Crippen molar-refractivity contribution in [1.29, 1.82) is 0 Å². The molecule has 1 amide bonds. The van der Waals surface area contributed by atoms with Gasteiger partial charge in [0.15, 0.2) is 0 Å². The van der Waals surface area contributed by atoms with Gasteiger partial charge >= 0.3 is 0 Å². The number of rotatable bonds is 5. The summed E-state index contributed by atoms with van der Waals surface area (Å²) in [5, 5.41) is 0. The fourth-order valence-corrected chi connectivity index (χ4v) is 5.72. The van der Waals surface area contributed by atoms with Crippen molar-refractivity contribution >= 4 is 28.3 Å². The first-order chi connectivity index (χ1) is 11.8. The van der Waals surface area contributed by atoms with Crippen molar-refractivity contribution in [2.24, 2.45) is 23.5 Å². The lowest BCUT2D eigenvalue weighted by molar-refractivity contribution is -0.142. The fourth-order valence-electron chi connectivity index (χ4n) is 5.23. The number of hydrogen-bond donors (Lipinski definition) is 2. The molecule has 0 aromatic carbocycles. The molecule has 3 N–H and O–H groups in total. The van der Waals surface area contributed by atoms with E-state index in [9.17, 15) is 13.2 Å². The van der Waals surface area contributed by atoms with Gasteiger partial charge in [0.05, 0.1) is 6.26 Å². The third-order valence-corrected chi connectivity index (χ3v) is 7.24. The summed E-state index contributed by atoms with van der Waals surface area (Å²) in [6.45, 7) is 1.23. The van der Waals surface area contributed by atoms with E-state index in [0.29, 0.717) is 30.7 Å². The molecule has 152 valence electrons. The van der Waals surface area contributed by atoms with Crippen LogP contribution in [0, 0.1) is 17.8 Å². The summed E-state index contributed by atoms with van der Waals surface area (Å²) in [5.74, 6) is 1.44. The number of fused-ring (bicyclic) bond motifs is 2. The van der Waals surface area contributed by atoms with Crippen LogP contribution >= 0.6 is 12.4 Å². The third-order valence-electron chi connectivity index (χ3n) is 6.51. The van der Waals surface area contributed by atoms with Crippen LogP contribution in [0.25, 0.3) is 0 Å². The van der Waals surface area contributed by atoms with Crippen molar-refractivity contribution in [3.8, 4) is 0 Å². The number of hydrogen-bond acceptors (Lipinski definition) is 4. The molecule has 6 nitrogen and oxygen atoms in total. The number of nitrogens with one attached hydrogen (secondary N) is 1. The molecule has 0 radical (unpaired) electrons. The van der Waals surface area contributed by atoms with Gasteiger partial charge in [-0.1, -0.05) is 6.42 Å². The SMILES string of the molecule is CS(=O)(=O)NCCC1CCCCN1C(=O)C1CC2CCCC(C1)C2N.Cl. The molecule has 0 aromatic rings. The van der Waals surface area contributed by atoms with Gasteiger partial charge in [-0.25, -0.2) is 13.1 Å². The Morgan fingerprint density at radius 2 is 1.77 bits per heavy atom. The van der Waals surface area contributed by atoms with E-state index in [1.807, 2.05) is 0 Å². The molecular weight excluding hydrogens is 374 g/mol. The Kier molecular flexibility index (Phi) is 7.77. The van der Waals surface area contributed by atoms with Crippen molar-refractivity contribution in [3.63, 3.8) is 0 Å². The van der Waals surface area contributed by atoms with E-state index in [-0.39, 0.29) is 30.4 Å². The second kappa shape index (κ2) is 9.22. The third kappa shape index (κ3) is 5.33. The van der Waals surface area contributed by atoms with Gasteiger partial charge in [0.2, 0.25) is 15.9 Å². The zero-order valence-electron chi connectivity index (χ0n) is 15.7. The lowest BCUT2D eigenvalue weighted by Gasteiger charge is -2.46. The summed E-state index contributed by atoms with van der Waals surface area (Å²) in [6.07, 6.45) is 10.5. The van der Waals surface area contributed by atoms with Crippen LogP contribution in [0.5, 0.6) is 0 Å². The quantitative estimate of drug-likeness (QED) is 0.727. The van der Waals surface area contributed by atoms with Crippen molar-refractivity contribution in [3.05, 3.63) is 0 Å². The normalized spacial score (nSPS) is 34.8. The molecule has 0 aromatic heterocycles. The molecular formula is C18H34ClN3O3S. The molecule has 3 unspecified atom stereocenters. The van der Waals surface area contributed by atoms with Crippen molar-refractivity contribution < 1.29 is 13.2 Å². The highest BCUT2D eigenvalue weighted by Crippen LogP contribution is 2.42. The number of likely N-dealkylation sites (tertiary alicyclic amines) is 1. The molecule has 3 atom stereocenters. The maximum Gasteiger partial charge on any atom is 0.225 e. The van der Waals surface area contributed by atoms with Crippen LogP contribution < -0.4 is 10.5 Å². The number of nitrogens with zero attached hydrogens (tertiary/aromatic N) is 1. The van der Waals surface area contributed by atoms with E-state index in [4.69, 9.17) is 5.73 Å². The van der Waals surface area contributed by atoms with Gasteiger partial charge in [-0.05, 0) is 63.2 Å². The van der Waals surface area contributed by atoms with Gasteiger partial charge in [-0.2, -0.15) is 0 Å². The fraction of sp³-hybridized carbons (Fsp3) is 0.944. The van der Waals surface area contributed by atoms with Crippen LogP contribution in [-0.4, -0.2) is 50.7 Å². The highest BCUT2D eigenvalue weighted by molar-refractivity contribution is 7.88. The molecule has 3 aliphatic rings. The minimum Gasteiger partial charge on any atom is -0.339 e. The maximum absolute atomic E-state index is 13.2. The number of amides is 1. The Morgan fingerprint density at radius 1 is 1.12 bits per heavy atom. The Bertz CT molecular complexity index is 572. The molecule has 2 saturated carbocycles. The molecule has 8 heteroatoms. The molecule has 2 bridgehead atoms. The van der Waals surface area contributed by atoms with E-state index < -0.39 is 10.0 Å². The van der Waals surface area contributed by atoms with Gasteiger partial charge in [-0.15, -0.1) is 12.4 Å². The van der Waals surface area contributed by atoms with Gasteiger partial charge < -0.3 is 10.6 Å². The summed E-state index contributed by atoms with van der Waals surface area (Å²) >= 11 is 0. The highest BCUT2D eigenvalue weighted by Gasteiger charge is 2.42. The summed E-state index contributed by atoms with van der Waals surface area (Å²) in [5.41, 5.74) is 6.37. The maximum atomic E-state index is 13.2. The summed E-state index contributed by atoms with van der Waals surface area (Å²) in [6, 6.07) is 0.458. The molecule has 1 aliphatic heterocycles. The Morgan fingerprint density at radius 3 is 2.38 bits per heavy atom. The smallest absolute Gasteiger partial charge is 0.225 e. The molecule has 3 rings (SSSR count). The largest absolute Gasteiger partial charge is 0.339 e. The van der Waals surface area contributed by atoms with Crippen LogP contribution in [0.2, 0.25) is 0 Å². The highest BCUT2D eigenvalue weighted by atomic mass is 35.5. The first-order valence-corrected chi connectivity index (χ1v) is 11.7. The van der Waals surface area contributed by atoms with Crippen LogP contribution in [-0.2, 0) is 14.8 Å². The van der Waals surface area contributed by atoms with E-state index >= 15 is 0 Å². The molecule has 0 spiro atoms. The molecule has 1 heterocycles. The number of halogens is 1. The predicted octanol–water partition coefficient (Wildman–Crippen LogP) is 1.88. The minimum absolute atomic E-state index is 0. The number of sulfonamides is 1. The zero-order valence-corrected chi connectivity index (χ0v) is 17.4.